The molecule has 0 amide bonds. The quantitative estimate of drug-likeness (QED) is 0.677. The smallest absolute Gasteiger partial charge is 0.0195 e. The second-order valence-electron chi connectivity index (χ2n) is 4.58. The van der Waals surface area contributed by atoms with Gasteiger partial charge < -0.3 is 5.32 Å². The first-order valence-corrected chi connectivity index (χ1v) is 6.38. The van der Waals surface area contributed by atoms with Crippen LogP contribution in [0.15, 0.2) is 12.2 Å². The second-order valence-corrected chi connectivity index (χ2v) is 4.58. The Balaban J connectivity index is 2.28. The second kappa shape index (κ2) is 7.02. The van der Waals surface area contributed by atoms with Crippen LogP contribution in [0.1, 0.15) is 39.5 Å². The Hall–Kier alpha value is -0.340. The molecule has 1 unspecified atom stereocenters. The molecule has 1 N–H and O–H groups in total. The Morgan fingerprint density at radius 1 is 1.40 bits per heavy atom. The molecule has 1 aliphatic rings. The monoisotopic (exact) mass is 210 g/mol. The van der Waals surface area contributed by atoms with Crippen LogP contribution in [0, 0.1) is 0 Å². The van der Waals surface area contributed by atoms with Gasteiger partial charge in [0.05, 0.1) is 0 Å². The molecule has 0 aliphatic carbocycles. The van der Waals surface area contributed by atoms with Crippen LogP contribution in [0.2, 0.25) is 0 Å². The summed E-state index contributed by atoms with van der Waals surface area (Å²) >= 11 is 0. The molecule has 1 fully saturated rings. The Morgan fingerprint density at radius 3 is 2.73 bits per heavy atom. The number of hydrogen-bond acceptors (Lipinski definition) is 2. The van der Waals surface area contributed by atoms with Gasteiger partial charge in [-0.15, -0.1) is 0 Å². The van der Waals surface area contributed by atoms with E-state index in [1.807, 2.05) is 0 Å². The fourth-order valence-electron chi connectivity index (χ4n) is 2.12. The Morgan fingerprint density at radius 2 is 2.20 bits per heavy atom. The fraction of sp³-hybridized carbons (Fsp3) is 0.846. The number of rotatable bonds is 6. The van der Waals surface area contributed by atoms with Crippen LogP contribution in [0.4, 0.5) is 0 Å². The lowest BCUT2D eigenvalue weighted by molar-refractivity contribution is 0.247. The lowest BCUT2D eigenvalue weighted by atomic mass is 10.0. The molecule has 1 atom stereocenters. The van der Waals surface area contributed by atoms with Crippen LogP contribution in [-0.4, -0.2) is 37.1 Å². The van der Waals surface area contributed by atoms with E-state index < -0.39 is 0 Å². The SMILES string of the molecule is C=C(CC)CN(CC)CC1CCCCN1. The van der Waals surface area contributed by atoms with Crippen molar-refractivity contribution in [3.63, 3.8) is 0 Å². The van der Waals surface area contributed by atoms with Gasteiger partial charge in [0.2, 0.25) is 0 Å². The van der Waals surface area contributed by atoms with Gasteiger partial charge in [-0.05, 0) is 32.4 Å². The lowest BCUT2D eigenvalue weighted by Gasteiger charge is -2.30. The molecule has 0 spiro atoms. The molecule has 88 valence electrons. The zero-order valence-corrected chi connectivity index (χ0v) is 10.4. The van der Waals surface area contributed by atoms with Crippen molar-refractivity contribution in [1.82, 2.24) is 10.2 Å². The summed E-state index contributed by atoms with van der Waals surface area (Å²) in [5.41, 5.74) is 1.35. The minimum atomic E-state index is 0.711. The molecule has 1 aliphatic heterocycles. The number of nitrogens with one attached hydrogen (secondary N) is 1. The third-order valence-corrected chi connectivity index (χ3v) is 3.29. The van der Waals surface area contributed by atoms with Crippen LogP contribution in [0.25, 0.3) is 0 Å². The van der Waals surface area contributed by atoms with Gasteiger partial charge in [-0.1, -0.05) is 32.4 Å². The highest BCUT2D eigenvalue weighted by Gasteiger charge is 2.15. The van der Waals surface area contributed by atoms with Crippen LogP contribution in [0.5, 0.6) is 0 Å². The molecule has 1 rings (SSSR count). The third-order valence-electron chi connectivity index (χ3n) is 3.29. The molecule has 0 aromatic rings. The Bertz CT molecular complexity index is 183. The van der Waals surface area contributed by atoms with E-state index in [1.54, 1.807) is 0 Å². The highest BCUT2D eigenvalue weighted by atomic mass is 15.1. The highest BCUT2D eigenvalue weighted by Crippen LogP contribution is 2.09. The van der Waals surface area contributed by atoms with Gasteiger partial charge in [0.25, 0.3) is 0 Å². The van der Waals surface area contributed by atoms with Crippen molar-refractivity contribution in [3.05, 3.63) is 12.2 Å². The van der Waals surface area contributed by atoms with E-state index in [1.165, 1.54) is 37.9 Å². The molecular formula is C13H26N2. The first-order chi connectivity index (χ1) is 7.26. The summed E-state index contributed by atoms with van der Waals surface area (Å²) in [6, 6.07) is 0.711. The van der Waals surface area contributed by atoms with Gasteiger partial charge in [-0.25, -0.2) is 0 Å². The molecule has 15 heavy (non-hydrogen) atoms. The summed E-state index contributed by atoms with van der Waals surface area (Å²) in [7, 11) is 0. The molecule has 1 saturated heterocycles. The van der Waals surface area contributed by atoms with Crippen molar-refractivity contribution in [2.75, 3.05) is 26.2 Å². The van der Waals surface area contributed by atoms with Crippen molar-refractivity contribution in [2.24, 2.45) is 0 Å². The predicted octanol–water partition coefficient (Wildman–Crippen LogP) is 2.42. The summed E-state index contributed by atoms with van der Waals surface area (Å²) in [6.07, 6.45) is 5.19. The van der Waals surface area contributed by atoms with E-state index in [2.05, 4.69) is 30.6 Å². The maximum Gasteiger partial charge on any atom is 0.0195 e. The van der Waals surface area contributed by atoms with E-state index >= 15 is 0 Å². The fourth-order valence-corrected chi connectivity index (χ4v) is 2.12. The first-order valence-electron chi connectivity index (χ1n) is 6.38. The standard InChI is InChI=1S/C13H26N2/c1-4-12(3)10-15(5-2)11-13-8-6-7-9-14-13/h13-14H,3-11H2,1-2H3. The molecule has 2 heteroatoms. The summed E-state index contributed by atoms with van der Waals surface area (Å²) in [5.74, 6) is 0. The largest absolute Gasteiger partial charge is 0.313 e. The van der Waals surface area contributed by atoms with E-state index in [4.69, 9.17) is 0 Å². The first kappa shape index (κ1) is 12.7. The van der Waals surface area contributed by atoms with Gasteiger partial charge in [0.1, 0.15) is 0 Å². The van der Waals surface area contributed by atoms with Crippen LogP contribution < -0.4 is 5.32 Å². The number of hydrogen-bond donors (Lipinski definition) is 1. The summed E-state index contributed by atoms with van der Waals surface area (Å²) in [4.78, 5) is 2.51. The van der Waals surface area contributed by atoms with E-state index in [0.29, 0.717) is 6.04 Å². The molecular weight excluding hydrogens is 184 g/mol. The zero-order chi connectivity index (χ0) is 11.1. The molecule has 2 nitrogen and oxygen atoms in total. The maximum absolute atomic E-state index is 4.09. The minimum absolute atomic E-state index is 0.711. The van der Waals surface area contributed by atoms with E-state index in [9.17, 15) is 0 Å². The molecule has 0 bridgehead atoms. The van der Waals surface area contributed by atoms with Gasteiger partial charge >= 0.3 is 0 Å². The highest BCUT2D eigenvalue weighted by molar-refractivity contribution is 4.96. The molecule has 0 aromatic carbocycles. The van der Waals surface area contributed by atoms with Gasteiger partial charge in [-0.3, -0.25) is 4.90 Å². The summed E-state index contributed by atoms with van der Waals surface area (Å²) < 4.78 is 0. The predicted molar refractivity (Wildman–Crippen MR) is 67.2 cm³/mol. The van der Waals surface area contributed by atoms with Crippen molar-refractivity contribution < 1.29 is 0 Å². The van der Waals surface area contributed by atoms with E-state index in [-0.39, 0.29) is 0 Å². The van der Waals surface area contributed by atoms with Gasteiger partial charge in [0.15, 0.2) is 0 Å². The Kier molecular flexibility index (Phi) is 5.96. The Labute approximate surface area is 94.7 Å². The normalized spacial score (nSPS) is 21.9. The molecule has 1 heterocycles. The lowest BCUT2D eigenvalue weighted by Crippen LogP contribution is -2.44. The average Bonchev–Trinajstić information content (AvgIpc) is 2.29. The molecule has 0 saturated carbocycles. The molecule has 0 radical (unpaired) electrons. The summed E-state index contributed by atoms with van der Waals surface area (Å²) in [5, 5.41) is 3.60. The minimum Gasteiger partial charge on any atom is -0.313 e. The van der Waals surface area contributed by atoms with Crippen LogP contribution in [-0.2, 0) is 0 Å². The van der Waals surface area contributed by atoms with Crippen LogP contribution >= 0.6 is 0 Å². The topological polar surface area (TPSA) is 15.3 Å². The maximum atomic E-state index is 4.09. The summed E-state index contributed by atoms with van der Waals surface area (Å²) in [6.45, 7) is 13.1. The number of nitrogens with zero attached hydrogens (tertiary/aromatic N) is 1. The van der Waals surface area contributed by atoms with Gasteiger partial charge in [-0.2, -0.15) is 0 Å². The van der Waals surface area contributed by atoms with E-state index in [0.717, 1.165) is 19.5 Å². The third kappa shape index (κ3) is 4.80. The van der Waals surface area contributed by atoms with Crippen molar-refractivity contribution >= 4 is 0 Å². The average molecular weight is 210 g/mol. The molecule has 0 aromatic heterocycles. The van der Waals surface area contributed by atoms with Crippen LogP contribution in [0.3, 0.4) is 0 Å². The number of likely N-dealkylation sites (N-methyl/N-ethyl adjacent to an activating group) is 1. The van der Waals surface area contributed by atoms with Crippen molar-refractivity contribution in [2.45, 2.75) is 45.6 Å². The van der Waals surface area contributed by atoms with Crippen molar-refractivity contribution in [1.29, 1.82) is 0 Å². The van der Waals surface area contributed by atoms with Gasteiger partial charge in [0, 0.05) is 19.1 Å². The zero-order valence-electron chi connectivity index (χ0n) is 10.4. The number of piperidine rings is 1. The van der Waals surface area contributed by atoms with Crippen molar-refractivity contribution in [3.8, 4) is 0 Å².